The third-order valence-corrected chi connectivity index (χ3v) is 4.35. The van der Waals surface area contributed by atoms with Gasteiger partial charge in [0.2, 0.25) is 0 Å². The molecule has 0 saturated carbocycles. The largest absolute Gasteiger partial charge is 0.310 e. The van der Waals surface area contributed by atoms with Crippen LogP contribution in [0.15, 0.2) is 30.5 Å². The average Bonchev–Trinajstić information content (AvgIpc) is 2.81. The molecule has 0 aliphatic carbocycles. The summed E-state index contributed by atoms with van der Waals surface area (Å²) in [5.41, 5.74) is 2.37. The predicted molar refractivity (Wildman–Crippen MR) is 83.0 cm³/mol. The van der Waals surface area contributed by atoms with Crippen LogP contribution in [0.3, 0.4) is 0 Å². The number of hydrogen-bond acceptors (Lipinski definition) is 3. The Kier molecular flexibility index (Phi) is 5.37. The molecule has 0 saturated heterocycles. The lowest BCUT2D eigenvalue weighted by molar-refractivity contribution is 0.528. The molecule has 2 heterocycles. The highest BCUT2D eigenvalue weighted by atomic mass is 35.5. The molecule has 0 spiro atoms. The highest BCUT2D eigenvalue weighted by Crippen LogP contribution is 2.27. The number of nitrogens with one attached hydrogen (secondary N) is 1. The Morgan fingerprint density at radius 2 is 2.21 bits per heavy atom. The van der Waals surface area contributed by atoms with Crippen molar-refractivity contribution in [3.8, 4) is 0 Å². The minimum atomic E-state index is 0.309. The number of rotatable bonds is 6. The van der Waals surface area contributed by atoms with Gasteiger partial charge in [0.1, 0.15) is 0 Å². The highest BCUT2D eigenvalue weighted by Gasteiger charge is 2.15. The van der Waals surface area contributed by atoms with Crippen molar-refractivity contribution in [1.82, 2.24) is 10.3 Å². The van der Waals surface area contributed by atoms with Crippen molar-refractivity contribution in [2.24, 2.45) is 0 Å². The number of halogens is 1. The highest BCUT2D eigenvalue weighted by molar-refractivity contribution is 7.16. The second kappa shape index (κ2) is 7.04. The van der Waals surface area contributed by atoms with Crippen molar-refractivity contribution in [3.63, 3.8) is 0 Å². The molecule has 102 valence electrons. The van der Waals surface area contributed by atoms with Crippen molar-refractivity contribution >= 4 is 22.9 Å². The van der Waals surface area contributed by atoms with Gasteiger partial charge in [0.25, 0.3) is 0 Å². The molecule has 1 N–H and O–H groups in total. The summed E-state index contributed by atoms with van der Waals surface area (Å²) in [6, 6.07) is 8.55. The lowest BCUT2D eigenvalue weighted by atomic mass is 10.0. The van der Waals surface area contributed by atoms with Crippen molar-refractivity contribution in [2.75, 3.05) is 6.54 Å². The fraction of sp³-hybridized carbons (Fsp3) is 0.400. The lowest BCUT2D eigenvalue weighted by Crippen LogP contribution is -2.24. The molecule has 19 heavy (non-hydrogen) atoms. The Morgan fingerprint density at radius 1 is 1.37 bits per heavy atom. The molecular formula is C15H19ClN2S. The number of aromatic nitrogens is 1. The van der Waals surface area contributed by atoms with Gasteiger partial charge in [0.15, 0.2) is 0 Å². The van der Waals surface area contributed by atoms with E-state index in [1.165, 1.54) is 10.4 Å². The maximum Gasteiger partial charge on any atom is 0.0931 e. The molecule has 1 unspecified atom stereocenters. The normalized spacial score (nSPS) is 12.6. The molecule has 2 rings (SSSR count). The molecule has 4 heteroatoms. The number of hydrogen-bond donors (Lipinski definition) is 1. The fourth-order valence-electron chi connectivity index (χ4n) is 2.14. The Bertz CT molecular complexity index is 524. The lowest BCUT2D eigenvalue weighted by Gasteiger charge is -2.19. The van der Waals surface area contributed by atoms with E-state index in [0.29, 0.717) is 6.04 Å². The standard InChI is InChI=1S/C15H19ClN2S/c1-3-8-18-14(10-12-6-7-15(16)19-12)13-5-4-9-17-11(13)2/h4-7,9,14,18H,3,8,10H2,1-2H3. The van der Waals surface area contributed by atoms with Gasteiger partial charge in [-0.2, -0.15) is 0 Å². The number of aryl methyl sites for hydroxylation is 1. The number of nitrogens with zero attached hydrogens (tertiary/aromatic N) is 1. The molecule has 0 aromatic carbocycles. The van der Waals surface area contributed by atoms with E-state index >= 15 is 0 Å². The first kappa shape index (κ1) is 14.5. The van der Waals surface area contributed by atoms with Crippen molar-refractivity contribution in [1.29, 1.82) is 0 Å². The molecule has 0 bridgehead atoms. The van der Waals surface area contributed by atoms with Crippen LogP contribution in [0, 0.1) is 6.92 Å². The molecule has 0 aliphatic heterocycles. The van der Waals surface area contributed by atoms with E-state index < -0.39 is 0 Å². The van der Waals surface area contributed by atoms with Crippen LogP contribution in [0.25, 0.3) is 0 Å². The van der Waals surface area contributed by atoms with Crippen LogP contribution in [0.1, 0.15) is 35.5 Å². The SMILES string of the molecule is CCCNC(Cc1ccc(Cl)s1)c1cccnc1C. The smallest absolute Gasteiger partial charge is 0.0931 e. The summed E-state index contributed by atoms with van der Waals surface area (Å²) in [7, 11) is 0. The average molecular weight is 295 g/mol. The van der Waals surface area contributed by atoms with Gasteiger partial charge in [-0.05, 0) is 43.7 Å². The third kappa shape index (κ3) is 4.03. The maximum absolute atomic E-state index is 6.01. The van der Waals surface area contributed by atoms with Gasteiger partial charge < -0.3 is 5.32 Å². The summed E-state index contributed by atoms with van der Waals surface area (Å²) in [6.45, 7) is 5.26. The molecule has 0 amide bonds. The van der Waals surface area contributed by atoms with E-state index in [9.17, 15) is 0 Å². The number of pyridine rings is 1. The Balaban J connectivity index is 2.18. The van der Waals surface area contributed by atoms with Crippen LogP contribution < -0.4 is 5.32 Å². The Morgan fingerprint density at radius 3 is 2.84 bits per heavy atom. The zero-order valence-electron chi connectivity index (χ0n) is 11.3. The zero-order valence-corrected chi connectivity index (χ0v) is 12.9. The molecule has 0 aliphatic rings. The molecule has 1 atom stereocenters. The van der Waals surface area contributed by atoms with E-state index in [-0.39, 0.29) is 0 Å². The van der Waals surface area contributed by atoms with Crippen molar-refractivity contribution in [3.05, 3.63) is 50.9 Å². The summed E-state index contributed by atoms with van der Waals surface area (Å²) < 4.78 is 0.854. The molecule has 2 aromatic rings. The topological polar surface area (TPSA) is 24.9 Å². The van der Waals surface area contributed by atoms with Gasteiger partial charge in [0.05, 0.1) is 4.34 Å². The van der Waals surface area contributed by atoms with Crippen LogP contribution in [0.2, 0.25) is 4.34 Å². The van der Waals surface area contributed by atoms with Crippen LogP contribution in [0.5, 0.6) is 0 Å². The van der Waals surface area contributed by atoms with Gasteiger partial charge in [-0.3, -0.25) is 4.98 Å². The van der Waals surface area contributed by atoms with E-state index in [2.05, 4.69) is 36.3 Å². The zero-order chi connectivity index (χ0) is 13.7. The van der Waals surface area contributed by atoms with E-state index in [4.69, 9.17) is 11.6 Å². The molecule has 2 aromatic heterocycles. The van der Waals surface area contributed by atoms with Gasteiger partial charge in [-0.15, -0.1) is 11.3 Å². The van der Waals surface area contributed by atoms with E-state index in [0.717, 1.165) is 29.4 Å². The van der Waals surface area contributed by atoms with Crippen LogP contribution in [0.4, 0.5) is 0 Å². The summed E-state index contributed by atoms with van der Waals surface area (Å²) in [6.07, 6.45) is 3.93. The second-order valence-electron chi connectivity index (χ2n) is 4.59. The van der Waals surface area contributed by atoms with Crippen LogP contribution in [-0.4, -0.2) is 11.5 Å². The van der Waals surface area contributed by atoms with Gasteiger partial charge >= 0.3 is 0 Å². The maximum atomic E-state index is 6.01. The van der Waals surface area contributed by atoms with Crippen LogP contribution in [-0.2, 0) is 6.42 Å². The first-order valence-corrected chi connectivity index (χ1v) is 7.79. The number of thiophene rings is 1. The fourth-order valence-corrected chi connectivity index (χ4v) is 3.27. The predicted octanol–water partition coefficient (Wildman–Crippen LogP) is 4.39. The molecule has 0 fully saturated rings. The van der Waals surface area contributed by atoms with Gasteiger partial charge in [-0.25, -0.2) is 0 Å². The summed E-state index contributed by atoms with van der Waals surface area (Å²) >= 11 is 7.67. The van der Waals surface area contributed by atoms with Gasteiger partial charge in [-0.1, -0.05) is 24.6 Å². The monoisotopic (exact) mass is 294 g/mol. The minimum Gasteiger partial charge on any atom is -0.310 e. The van der Waals surface area contributed by atoms with Crippen molar-refractivity contribution < 1.29 is 0 Å². The van der Waals surface area contributed by atoms with E-state index in [1.807, 2.05) is 18.3 Å². The second-order valence-corrected chi connectivity index (χ2v) is 6.39. The van der Waals surface area contributed by atoms with Crippen molar-refractivity contribution in [2.45, 2.75) is 32.7 Å². The van der Waals surface area contributed by atoms with E-state index in [1.54, 1.807) is 11.3 Å². The minimum absolute atomic E-state index is 0.309. The first-order chi connectivity index (χ1) is 9.20. The summed E-state index contributed by atoms with van der Waals surface area (Å²) in [4.78, 5) is 5.70. The van der Waals surface area contributed by atoms with Crippen LogP contribution >= 0.6 is 22.9 Å². The quantitative estimate of drug-likeness (QED) is 0.855. The Labute approximate surface area is 123 Å². The third-order valence-electron chi connectivity index (χ3n) is 3.10. The summed E-state index contributed by atoms with van der Waals surface area (Å²) in [5, 5.41) is 3.61. The molecule has 0 radical (unpaired) electrons. The molecule has 2 nitrogen and oxygen atoms in total. The van der Waals surface area contributed by atoms with Gasteiger partial charge in [0, 0.05) is 29.2 Å². The Hall–Kier alpha value is -0.900. The summed E-state index contributed by atoms with van der Waals surface area (Å²) in [5.74, 6) is 0. The molecular weight excluding hydrogens is 276 g/mol. The first-order valence-electron chi connectivity index (χ1n) is 6.59.